The first-order chi connectivity index (χ1) is 23.0. The SMILES string of the molecule is C#Cc1ccc2ccc3c(C#C)ccc4ccc1c2c43.CC(C)(O)C#Cc1ccc2ccc3c(C#CC(C)(C)O)ccc4ccc1c2c43. The van der Waals surface area contributed by atoms with Crippen molar-refractivity contribution in [2.75, 3.05) is 0 Å². The van der Waals surface area contributed by atoms with Crippen LogP contribution in [-0.2, 0) is 0 Å². The van der Waals surface area contributed by atoms with E-state index in [1.807, 2.05) is 24.3 Å². The molecule has 0 aliphatic heterocycles. The van der Waals surface area contributed by atoms with Crippen LogP contribution in [0, 0.1) is 48.4 Å². The van der Waals surface area contributed by atoms with Crippen molar-refractivity contribution >= 4 is 64.6 Å². The van der Waals surface area contributed by atoms with Crippen molar-refractivity contribution in [2.24, 2.45) is 0 Å². The Kier molecular flexibility index (Phi) is 7.25. The summed E-state index contributed by atoms with van der Waals surface area (Å²) in [6.45, 7) is 6.74. The Morgan fingerprint density at radius 2 is 0.646 bits per heavy atom. The summed E-state index contributed by atoms with van der Waals surface area (Å²) in [5.74, 6) is 17.6. The molecule has 2 nitrogen and oxygen atoms in total. The predicted molar refractivity (Wildman–Crippen MR) is 203 cm³/mol. The maximum Gasteiger partial charge on any atom is 0.120 e. The third-order valence-electron chi connectivity index (χ3n) is 8.65. The molecular formula is C46H32O2. The molecular weight excluding hydrogens is 585 g/mol. The van der Waals surface area contributed by atoms with Gasteiger partial charge in [0.2, 0.25) is 0 Å². The first-order valence-corrected chi connectivity index (χ1v) is 15.8. The van der Waals surface area contributed by atoms with E-state index in [0.717, 1.165) is 65.3 Å². The first-order valence-electron chi connectivity index (χ1n) is 15.8. The van der Waals surface area contributed by atoms with Gasteiger partial charge in [0.25, 0.3) is 0 Å². The molecule has 0 radical (unpaired) electrons. The highest BCUT2D eigenvalue weighted by molar-refractivity contribution is 6.26. The molecule has 2 N–H and O–H groups in total. The van der Waals surface area contributed by atoms with Crippen molar-refractivity contribution in [3.05, 3.63) is 119 Å². The Labute approximate surface area is 280 Å². The molecule has 48 heavy (non-hydrogen) atoms. The Morgan fingerprint density at radius 3 is 0.917 bits per heavy atom. The summed E-state index contributed by atoms with van der Waals surface area (Å²) >= 11 is 0. The molecule has 0 spiro atoms. The molecule has 0 unspecified atom stereocenters. The van der Waals surface area contributed by atoms with E-state index < -0.39 is 11.2 Å². The molecule has 0 saturated carbocycles. The van der Waals surface area contributed by atoms with Gasteiger partial charge in [-0.2, -0.15) is 0 Å². The molecule has 0 aromatic heterocycles. The average molecular weight is 617 g/mol. The highest BCUT2D eigenvalue weighted by Crippen LogP contribution is 2.38. The minimum atomic E-state index is -1.04. The molecule has 8 aromatic carbocycles. The molecule has 0 saturated heterocycles. The lowest BCUT2D eigenvalue weighted by Crippen LogP contribution is -2.14. The Balaban J connectivity index is 0.000000160. The van der Waals surface area contributed by atoms with Gasteiger partial charge in [-0.15, -0.1) is 12.8 Å². The van der Waals surface area contributed by atoms with Gasteiger partial charge in [-0.1, -0.05) is 108 Å². The van der Waals surface area contributed by atoms with Crippen LogP contribution >= 0.6 is 0 Å². The van der Waals surface area contributed by atoms with E-state index >= 15 is 0 Å². The predicted octanol–water partition coefficient (Wildman–Crippen LogP) is 9.38. The lowest BCUT2D eigenvalue weighted by Gasteiger charge is -2.13. The van der Waals surface area contributed by atoms with Crippen molar-refractivity contribution in [1.29, 1.82) is 0 Å². The van der Waals surface area contributed by atoms with Crippen molar-refractivity contribution in [3.8, 4) is 48.4 Å². The maximum absolute atomic E-state index is 9.97. The van der Waals surface area contributed by atoms with Crippen LogP contribution in [0.3, 0.4) is 0 Å². The third-order valence-corrected chi connectivity index (χ3v) is 8.65. The molecule has 228 valence electrons. The molecule has 2 heteroatoms. The van der Waals surface area contributed by atoms with E-state index in [1.165, 1.54) is 21.5 Å². The second kappa shape index (κ2) is 11.4. The topological polar surface area (TPSA) is 40.5 Å². The lowest BCUT2D eigenvalue weighted by molar-refractivity contribution is 0.143. The summed E-state index contributed by atoms with van der Waals surface area (Å²) in [4.78, 5) is 0. The number of terminal acetylenes is 2. The number of hydrogen-bond acceptors (Lipinski definition) is 2. The molecule has 8 rings (SSSR count). The van der Waals surface area contributed by atoms with E-state index in [9.17, 15) is 10.2 Å². The monoisotopic (exact) mass is 616 g/mol. The van der Waals surface area contributed by atoms with E-state index in [0.29, 0.717) is 0 Å². The number of hydrogen-bond donors (Lipinski definition) is 2. The van der Waals surface area contributed by atoms with Gasteiger partial charge < -0.3 is 10.2 Å². The van der Waals surface area contributed by atoms with Gasteiger partial charge in [0.1, 0.15) is 11.2 Å². The van der Waals surface area contributed by atoms with E-state index in [1.54, 1.807) is 27.7 Å². The summed E-state index contributed by atoms with van der Waals surface area (Å²) in [5, 5.41) is 33.8. The van der Waals surface area contributed by atoms with Gasteiger partial charge >= 0.3 is 0 Å². The fourth-order valence-electron chi connectivity index (χ4n) is 6.51. The minimum absolute atomic E-state index is 0.900. The largest absolute Gasteiger partial charge is 0.378 e. The van der Waals surface area contributed by atoms with Crippen LogP contribution in [0.5, 0.6) is 0 Å². The zero-order chi connectivity index (χ0) is 33.8. The maximum atomic E-state index is 9.97. The van der Waals surface area contributed by atoms with E-state index in [2.05, 4.69) is 108 Å². The molecule has 0 atom stereocenters. The quantitative estimate of drug-likeness (QED) is 0.132. The van der Waals surface area contributed by atoms with Crippen LogP contribution in [0.25, 0.3) is 64.6 Å². The van der Waals surface area contributed by atoms with Crippen LogP contribution < -0.4 is 0 Å². The second-order valence-corrected chi connectivity index (χ2v) is 13.2. The van der Waals surface area contributed by atoms with Gasteiger partial charge in [0.15, 0.2) is 0 Å². The molecule has 0 aliphatic rings. The molecule has 0 bridgehead atoms. The molecule has 0 heterocycles. The van der Waals surface area contributed by atoms with Gasteiger partial charge in [-0.25, -0.2) is 0 Å². The smallest absolute Gasteiger partial charge is 0.120 e. The zero-order valence-corrected chi connectivity index (χ0v) is 27.3. The van der Waals surface area contributed by atoms with Crippen LogP contribution in [-0.4, -0.2) is 21.4 Å². The Bertz CT molecular complexity index is 2570. The van der Waals surface area contributed by atoms with Crippen LogP contribution in [0.1, 0.15) is 49.9 Å². The molecule has 0 fully saturated rings. The minimum Gasteiger partial charge on any atom is -0.378 e. The van der Waals surface area contributed by atoms with Gasteiger partial charge in [0.05, 0.1) is 0 Å². The number of rotatable bonds is 0. The summed E-state index contributed by atoms with van der Waals surface area (Å²) in [6.07, 6.45) is 11.2. The Hall–Kier alpha value is -6.00. The van der Waals surface area contributed by atoms with E-state index in [-0.39, 0.29) is 0 Å². The van der Waals surface area contributed by atoms with Gasteiger partial charge in [0, 0.05) is 22.3 Å². The third kappa shape index (κ3) is 5.41. The fraction of sp³-hybridized carbons (Fsp3) is 0.130. The summed E-state index contributed by atoms with van der Waals surface area (Å²) in [7, 11) is 0. The molecule has 0 amide bonds. The summed E-state index contributed by atoms with van der Waals surface area (Å²) < 4.78 is 0. The van der Waals surface area contributed by atoms with Gasteiger partial charge in [-0.05, 0) is 117 Å². The first kappa shape index (κ1) is 30.6. The fourth-order valence-corrected chi connectivity index (χ4v) is 6.51. The standard InChI is InChI=1S/C26H22O2.C20H10/c1-25(2,27)15-13-17-5-7-19-10-12-22-18(14-16-26(3,4)28)6-8-20-9-11-21(17)23(19)24(20)22;1-3-13-5-7-15-10-12-18-14(4-2)6-8-16-9-11-17(13)19(15)20(16)18/h5-12,27-28H,1-4H3;1-2,5-12H. The summed E-state index contributed by atoms with van der Waals surface area (Å²) in [5.41, 5.74) is 1.58. The van der Waals surface area contributed by atoms with Crippen LogP contribution in [0.15, 0.2) is 97.1 Å². The normalized spacial score (nSPS) is 11.6. The zero-order valence-electron chi connectivity index (χ0n) is 27.3. The number of aliphatic hydroxyl groups is 2. The Morgan fingerprint density at radius 1 is 0.396 bits per heavy atom. The van der Waals surface area contributed by atoms with E-state index in [4.69, 9.17) is 12.8 Å². The van der Waals surface area contributed by atoms with Crippen LogP contribution in [0.4, 0.5) is 0 Å². The lowest BCUT2D eigenvalue weighted by atomic mass is 9.90. The van der Waals surface area contributed by atoms with Gasteiger partial charge in [-0.3, -0.25) is 0 Å². The highest BCUT2D eigenvalue weighted by Gasteiger charge is 2.14. The van der Waals surface area contributed by atoms with Crippen molar-refractivity contribution in [2.45, 2.75) is 38.9 Å². The molecule has 8 aromatic rings. The second-order valence-electron chi connectivity index (χ2n) is 13.2. The van der Waals surface area contributed by atoms with Crippen LogP contribution in [0.2, 0.25) is 0 Å². The highest BCUT2D eigenvalue weighted by atomic mass is 16.3. The van der Waals surface area contributed by atoms with Crippen molar-refractivity contribution in [3.63, 3.8) is 0 Å². The average Bonchev–Trinajstić information content (AvgIpc) is 3.07. The van der Waals surface area contributed by atoms with Crippen molar-refractivity contribution in [1.82, 2.24) is 0 Å². The number of benzene rings is 8. The summed E-state index contributed by atoms with van der Waals surface area (Å²) in [6, 6.07) is 33.2. The molecule has 0 aliphatic carbocycles. The van der Waals surface area contributed by atoms with Crippen molar-refractivity contribution < 1.29 is 10.2 Å².